The molecule has 0 aliphatic rings. The SMILES string of the molecule is O=C(N/N=C\c1ccccc1)c1cccc(Cl)n1. The zero-order chi connectivity index (χ0) is 12.8. The van der Waals surface area contributed by atoms with Crippen LogP contribution in [0.15, 0.2) is 53.6 Å². The van der Waals surface area contributed by atoms with Crippen LogP contribution in [0.1, 0.15) is 16.1 Å². The second-order valence-corrected chi connectivity index (χ2v) is 3.84. The summed E-state index contributed by atoms with van der Waals surface area (Å²) in [5, 5.41) is 4.11. The quantitative estimate of drug-likeness (QED) is 0.523. The minimum absolute atomic E-state index is 0.229. The lowest BCUT2D eigenvalue weighted by Gasteiger charge is -1.99. The highest BCUT2D eigenvalue weighted by Crippen LogP contribution is 2.04. The Morgan fingerprint density at radius 3 is 2.67 bits per heavy atom. The molecule has 1 N–H and O–H groups in total. The Hall–Kier alpha value is -2.20. The molecule has 0 unspecified atom stereocenters. The second-order valence-electron chi connectivity index (χ2n) is 3.46. The van der Waals surface area contributed by atoms with Crippen LogP contribution in [0, 0.1) is 0 Å². The summed E-state index contributed by atoms with van der Waals surface area (Å²) in [5.41, 5.74) is 3.51. The van der Waals surface area contributed by atoms with E-state index in [1.165, 1.54) is 0 Å². The molecule has 1 heterocycles. The number of halogens is 1. The van der Waals surface area contributed by atoms with Crippen molar-refractivity contribution in [3.05, 3.63) is 64.9 Å². The Kier molecular flexibility index (Phi) is 4.04. The highest BCUT2D eigenvalue weighted by Gasteiger charge is 2.05. The summed E-state index contributed by atoms with van der Waals surface area (Å²) < 4.78 is 0. The number of benzene rings is 1. The monoisotopic (exact) mass is 259 g/mol. The molecule has 0 spiro atoms. The van der Waals surface area contributed by atoms with Gasteiger partial charge in [0.25, 0.3) is 5.91 Å². The third-order valence-electron chi connectivity index (χ3n) is 2.13. The zero-order valence-corrected chi connectivity index (χ0v) is 10.1. The van der Waals surface area contributed by atoms with E-state index in [4.69, 9.17) is 11.6 Å². The molecule has 1 aromatic heterocycles. The molecule has 18 heavy (non-hydrogen) atoms. The third kappa shape index (κ3) is 3.40. The maximum absolute atomic E-state index is 11.6. The molecule has 0 aliphatic carbocycles. The number of hydrogen-bond donors (Lipinski definition) is 1. The molecule has 0 aliphatic heterocycles. The van der Waals surface area contributed by atoms with Gasteiger partial charge in [0, 0.05) is 0 Å². The fraction of sp³-hybridized carbons (Fsp3) is 0. The van der Waals surface area contributed by atoms with Crippen LogP contribution in [0.25, 0.3) is 0 Å². The fourth-order valence-electron chi connectivity index (χ4n) is 1.30. The van der Waals surface area contributed by atoms with Crippen LogP contribution in [0.4, 0.5) is 0 Å². The van der Waals surface area contributed by atoms with Crippen molar-refractivity contribution in [2.45, 2.75) is 0 Å². The molecule has 4 nitrogen and oxygen atoms in total. The molecule has 0 saturated heterocycles. The number of aromatic nitrogens is 1. The first-order valence-electron chi connectivity index (χ1n) is 5.27. The van der Waals surface area contributed by atoms with Crippen molar-refractivity contribution >= 4 is 23.7 Å². The number of pyridine rings is 1. The number of rotatable bonds is 3. The number of hydrogen-bond acceptors (Lipinski definition) is 3. The fourth-order valence-corrected chi connectivity index (χ4v) is 1.46. The van der Waals surface area contributed by atoms with Gasteiger partial charge in [0.1, 0.15) is 10.8 Å². The van der Waals surface area contributed by atoms with Crippen LogP contribution < -0.4 is 5.43 Å². The van der Waals surface area contributed by atoms with Crippen LogP contribution in [-0.4, -0.2) is 17.1 Å². The van der Waals surface area contributed by atoms with Crippen molar-refractivity contribution in [1.82, 2.24) is 10.4 Å². The molecular weight excluding hydrogens is 250 g/mol. The average Bonchev–Trinajstić information content (AvgIpc) is 2.40. The largest absolute Gasteiger partial charge is 0.290 e. The second kappa shape index (κ2) is 5.93. The summed E-state index contributed by atoms with van der Waals surface area (Å²) >= 11 is 5.69. The van der Waals surface area contributed by atoms with Crippen LogP contribution in [0.3, 0.4) is 0 Å². The van der Waals surface area contributed by atoms with E-state index in [9.17, 15) is 4.79 Å². The Bertz CT molecular complexity index is 569. The maximum Gasteiger partial charge on any atom is 0.290 e. The van der Waals surface area contributed by atoms with Gasteiger partial charge in [-0.1, -0.05) is 48.0 Å². The third-order valence-corrected chi connectivity index (χ3v) is 2.34. The van der Waals surface area contributed by atoms with E-state index in [1.807, 2.05) is 30.3 Å². The lowest BCUT2D eigenvalue weighted by Crippen LogP contribution is -2.18. The predicted octanol–water partition coefficient (Wildman–Crippen LogP) is 2.50. The minimum Gasteiger partial charge on any atom is -0.266 e. The van der Waals surface area contributed by atoms with E-state index in [0.717, 1.165) is 5.56 Å². The van der Waals surface area contributed by atoms with Crippen LogP contribution in [0.5, 0.6) is 0 Å². The van der Waals surface area contributed by atoms with Gasteiger partial charge < -0.3 is 0 Å². The van der Waals surface area contributed by atoms with Gasteiger partial charge in [-0.15, -0.1) is 0 Å². The van der Waals surface area contributed by atoms with E-state index in [2.05, 4.69) is 15.5 Å². The van der Waals surface area contributed by atoms with Gasteiger partial charge in [0.05, 0.1) is 6.21 Å². The van der Waals surface area contributed by atoms with Gasteiger partial charge >= 0.3 is 0 Å². The Morgan fingerprint density at radius 1 is 1.17 bits per heavy atom. The summed E-state index contributed by atoms with van der Waals surface area (Å²) in [6, 6.07) is 14.3. The van der Waals surface area contributed by atoms with Crippen molar-refractivity contribution in [1.29, 1.82) is 0 Å². The number of hydrazone groups is 1. The van der Waals surface area contributed by atoms with Gasteiger partial charge in [-0.2, -0.15) is 5.10 Å². The number of carbonyl (C=O) groups excluding carboxylic acids is 1. The Balaban J connectivity index is 1.99. The molecular formula is C13H10ClN3O. The van der Waals surface area contributed by atoms with Crippen LogP contribution in [0.2, 0.25) is 5.15 Å². The first kappa shape index (κ1) is 12.3. The number of amides is 1. The molecule has 0 fully saturated rings. The van der Waals surface area contributed by atoms with E-state index >= 15 is 0 Å². The maximum atomic E-state index is 11.6. The topological polar surface area (TPSA) is 54.4 Å². The van der Waals surface area contributed by atoms with E-state index in [0.29, 0.717) is 0 Å². The number of nitrogens with one attached hydrogen (secondary N) is 1. The first-order valence-corrected chi connectivity index (χ1v) is 5.64. The van der Waals surface area contributed by atoms with Crippen LogP contribution in [-0.2, 0) is 0 Å². The molecule has 0 saturated carbocycles. The van der Waals surface area contributed by atoms with Gasteiger partial charge in [-0.25, -0.2) is 10.4 Å². The Morgan fingerprint density at radius 2 is 1.94 bits per heavy atom. The summed E-state index contributed by atoms with van der Waals surface area (Å²) in [6.07, 6.45) is 1.56. The summed E-state index contributed by atoms with van der Waals surface area (Å²) in [7, 11) is 0. The van der Waals surface area contributed by atoms with E-state index in [-0.39, 0.29) is 10.8 Å². The summed E-state index contributed by atoms with van der Waals surface area (Å²) in [4.78, 5) is 15.5. The smallest absolute Gasteiger partial charge is 0.266 e. The van der Waals surface area contributed by atoms with E-state index < -0.39 is 5.91 Å². The van der Waals surface area contributed by atoms with Crippen molar-refractivity contribution in [2.75, 3.05) is 0 Å². The number of carbonyl (C=O) groups is 1. The van der Waals surface area contributed by atoms with Crippen molar-refractivity contribution in [2.24, 2.45) is 5.10 Å². The highest BCUT2D eigenvalue weighted by atomic mass is 35.5. The summed E-state index contributed by atoms with van der Waals surface area (Å²) in [6.45, 7) is 0. The minimum atomic E-state index is -0.398. The lowest BCUT2D eigenvalue weighted by molar-refractivity contribution is 0.0950. The predicted molar refractivity (Wildman–Crippen MR) is 70.7 cm³/mol. The van der Waals surface area contributed by atoms with Gasteiger partial charge in [0.15, 0.2) is 0 Å². The zero-order valence-electron chi connectivity index (χ0n) is 9.38. The van der Waals surface area contributed by atoms with Crippen LogP contribution >= 0.6 is 11.6 Å². The molecule has 2 rings (SSSR count). The molecule has 0 atom stereocenters. The molecule has 5 heteroatoms. The number of nitrogens with zero attached hydrogens (tertiary/aromatic N) is 2. The van der Waals surface area contributed by atoms with Gasteiger partial charge in [0.2, 0.25) is 0 Å². The van der Waals surface area contributed by atoms with Crippen molar-refractivity contribution in [3.8, 4) is 0 Å². The standard InChI is InChI=1S/C13H10ClN3O/c14-12-8-4-7-11(16-12)13(18)17-15-9-10-5-2-1-3-6-10/h1-9H,(H,17,18)/b15-9-. The van der Waals surface area contributed by atoms with Crippen molar-refractivity contribution < 1.29 is 4.79 Å². The molecule has 1 amide bonds. The van der Waals surface area contributed by atoms with E-state index in [1.54, 1.807) is 24.4 Å². The van der Waals surface area contributed by atoms with Gasteiger partial charge in [-0.05, 0) is 17.7 Å². The first-order chi connectivity index (χ1) is 8.75. The average molecular weight is 260 g/mol. The lowest BCUT2D eigenvalue weighted by atomic mass is 10.2. The van der Waals surface area contributed by atoms with Gasteiger partial charge in [-0.3, -0.25) is 4.79 Å². The highest BCUT2D eigenvalue weighted by molar-refractivity contribution is 6.29. The van der Waals surface area contributed by atoms with Crippen molar-refractivity contribution in [3.63, 3.8) is 0 Å². The normalized spacial score (nSPS) is 10.5. The molecule has 0 radical (unpaired) electrons. The molecule has 2 aromatic rings. The molecule has 1 aromatic carbocycles. The molecule has 0 bridgehead atoms. The molecule has 90 valence electrons. The summed E-state index contributed by atoms with van der Waals surface area (Å²) in [5.74, 6) is -0.398. The Labute approximate surface area is 109 Å².